The lowest BCUT2D eigenvalue weighted by molar-refractivity contribution is 0.0819. The zero-order chi connectivity index (χ0) is 13.1. The highest BCUT2D eigenvalue weighted by atomic mass is 16.5. The van der Waals surface area contributed by atoms with E-state index in [0.717, 1.165) is 31.6 Å². The lowest BCUT2D eigenvalue weighted by Crippen LogP contribution is -2.36. The highest BCUT2D eigenvalue weighted by Gasteiger charge is 2.19. The molecule has 1 amide bonds. The molecule has 0 atom stereocenters. The zero-order valence-electron chi connectivity index (χ0n) is 10.6. The summed E-state index contributed by atoms with van der Waals surface area (Å²) >= 11 is 0. The molecule has 0 aliphatic carbocycles. The predicted molar refractivity (Wildman–Crippen MR) is 71.6 cm³/mol. The highest BCUT2D eigenvalue weighted by molar-refractivity contribution is 5.99. The Kier molecular flexibility index (Phi) is 3.72. The summed E-state index contributed by atoms with van der Waals surface area (Å²) in [4.78, 5) is 13.5. The topological polar surface area (TPSA) is 81.6 Å². The number of hydrogen-bond acceptors (Lipinski definition) is 4. The standard InChI is InChI=1S/C13H19N3O2/c1-18-10-4-6-16(7-5-10)9-2-3-12(14)11(8-9)13(15)17/h2-3,8,10H,4-7,14H2,1H3,(H2,15,17). The van der Waals surface area contributed by atoms with Crippen molar-refractivity contribution in [1.29, 1.82) is 0 Å². The second-order valence-corrected chi connectivity index (χ2v) is 4.56. The van der Waals surface area contributed by atoms with Crippen LogP contribution in [0.3, 0.4) is 0 Å². The lowest BCUT2D eigenvalue weighted by atomic mass is 10.1. The number of amides is 1. The molecule has 1 aliphatic heterocycles. The van der Waals surface area contributed by atoms with Crippen LogP contribution in [0, 0.1) is 0 Å². The Hall–Kier alpha value is -1.75. The number of primary amides is 1. The van der Waals surface area contributed by atoms with Crippen LogP contribution in [0.4, 0.5) is 11.4 Å². The largest absolute Gasteiger partial charge is 0.398 e. The minimum Gasteiger partial charge on any atom is -0.398 e. The van der Waals surface area contributed by atoms with E-state index in [2.05, 4.69) is 4.90 Å². The monoisotopic (exact) mass is 249 g/mol. The van der Waals surface area contributed by atoms with Gasteiger partial charge in [0.05, 0.1) is 11.7 Å². The third-order valence-electron chi connectivity index (χ3n) is 3.44. The quantitative estimate of drug-likeness (QED) is 0.782. The van der Waals surface area contributed by atoms with Gasteiger partial charge in [0, 0.05) is 31.6 Å². The molecule has 0 spiro atoms. The average Bonchev–Trinajstić information content (AvgIpc) is 2.39. The van der Waals surface area contributed by atoms with Crippen LogP contribution in [0.1, 0.15) is 23.2 Å². The molecule has 5 nitrogen and oxygen atoms in total. The zero-order valence-corrected chi connectivity index (χ0v) is 10.6. The molecule has 5 heteroatoms. The van der Waals surface area contributed by atoms with Crippen molar-refractivity contribution in [3.8, 4) is 0 Å². The number of carbonyl (C=O) groups is 1. The Balaban J connectivity index is 2.15. The van der Waals surface area contributed by atoms with E-state index in [1.165, 1.54) is 0 Å². The number of nitrogens with two attached hydrogens (primary N) is 2. The van der Waals surface area contributed by atoms with Crippen molar-refractivity contribution in [2.75, 3.05) is 30.8 Å². The normalized spacial score (nSPS) is 16.8. The van der Waals surface area contributed by atoms with Gasteiger partial charge in [-0.15, -0.1) is 0 Å². The van der Waals surface area contributed by atoms with Gasteiger partial charge in [-0.2, -0.15) is 0 Å². The molecule has 1 aromatic carbocycles. The maximum Gasteiger partial charge on any atom is 0.250 e. The van der Waals surface area contributed by atoms with Crippen molar-refractivity contribution < 1.29 is 9.53 Å². The molecular formula is C13H19N3O2. The summed E-state index contributed by atoms with van der Waals surface area (Å²) in [5.41, 5.74) is 12.8. The first-order chi connectivity index (χ1) is 8.61. The number of ether oxygens (including phenoxy) is 1. The van der Waals surface area contributed by atoms with Crippen LogP contribution in [0.15, 0.2) is 18.2 Å². The van der Waals surface area contributed by atoms with E-state index >= 15 is 0 Å². The molecular weight excluding hydrogens is 230 g/mol. The van der Waals surface area contributed by atoms with Crippen molar-refractivity contribution in [3.05, 3.63) is 23.8 Å². The van der Waals surface area contributed by atoms with E-state index in [1.807, 2.05) is 6.07 Å². The molecule has 0 unspecified atom stereocenters. The average molecular weight is 249 g/mol. The fraction of sp³-hybridized carbons (Fsp3) is 0.462. The van der Waals surface area contributed by atoms with E-state index < -0.39 is 5.91 Å². The Morgan fingerprint density at radius 3 is 2.61 bits per heavy atom. The van der Waals surface area contributed by atoms with Crippen LogP contribution in [-0.2, 0) is 4.74 Å². The highest BCUT2D eigenvalue weighted by Crippen LogP contribution is 2.24. The molecule has 1 heterocycles. The number of nitrogens with zero attached hydrogens (tertiary/aromatic N) is 1. The Morgan fingerprint density at radius 2 is 2.06 bits per heavy atom. The first kappa shape index (κ1) is 12.7. The fourth-order valence-electron chi connectivity index (χ4n) is 2.30. The number of methoxy groups -OCH3 is 1. The van der Waals surface area contributed by atoms with Crippen molar-refractivity contribution in [2.24, 2.45) is 5.73 Å². The van der Waals surface area contributed by atoms with Crippen molar-refractivity contribution in [1.82, 2.24) is 0 Å². The first-order valence-corrected chi connectivity index (χ1v) is 6.09. The van der Waals surface area contributed by atoms with Crippen LogP contribution in [0.5, 0.6) is 0 Å². The predicted octanol–water partition coefficient (Wildman–Crippen LogP) is 0.983. The third kappa shape index (κ3) is 2.56. The number of piperidine rings is 1. The van der Waals surface area contributed by atoms with Crippen LogP contribution < -0.4 is 16.4 Å². The second-order valence-electron chi connectivity index (χ2n) is 4.56. The SMILES string of the molecule is COC1CCN(c2ccc(N)c(C(N)=O)c2)CC1. The number of carbonyl (C=O) groups excluding carboxylic acids is 1. The molecule has 0 radical (unpaired) electrons. The van der Waals surface area contributed by atoms with Gasteiger partial charge >= 0.3 is 0 Å². The maximum atomic E-state index is 11.3. The first-order valence-electron chi connectivity index (χ1n) is 6.09. The number of nitrogen functional groups attached to an aromatic ring is 1. The Bertz CT molecular complexity index is 440. The van der Waals surface area contributed by atoms with E-state index in [4.69, 9.17) is 16.2 Å². The van der Waals surface area contributed by atoms with Gasteiger partial charge in [0.15, 0.2) is 0 Å². The molecule has 1 fully saturated rings. The van der Waals surface area contributed by atoms with E-state index in [9.17, 15) is 4.79 Å². The fourth-order valence-corrected chi connectivity index (χ4v) is 2.30. The summed E-state index contributed by atoms with van der Waals surface area (Å²) in [5, 5.41) is 0. The van der Waals surface area contributed by atoms with Gasteiger partial charge in [-0.25, -0.2) is 0 Å². The van der Waals surface area contributed by atoms with Gasteiger partial charge in [0.2, 0.25) is 0 Å². The minimum atomic E-state index is -0.485. The summed E-state index contributed by atoms with van der Waals surface area (Å²) in [6.45, 7) is 1.83. The van der Waals surface area contributed by atoms with Gasteiger partial charge in [-0.05, 0) is 31.0 Å². The molecule has 2 rings (SSSR count). The molecule has 18 heavy (non-hydrogen) atoms. The van der Waals surface area contributed by atoms with E-state index in [0.29, 0.717) is 17.4 Å². The van der Waals surface area contributed by atoms with Crippen LogP contribution in [0.2, 0.25) is 0 Å². The molecule has 0 saturated carbocycles. The Morgan fingerprint density at radius 1 is 1.39 bits per heavy atom. The third-order valence-corrected chi connectivity index (χ3v) is 3.44. The van der Waals surface area contributed by atoms with Gasteiger partial charge in [0.25, 0.3) is 5.91 Å². The molecule has 4 N–H and O–H groups in total. The van der Waals surface area contributed by atoms with E-state index in [1.54, 1.807) is 19.2 Å². The number of anilines is 2. The smallest absolute Gasteiger partial charge is 0.250 e. The molecule has 0 bridgehead atoms. The van der Waals surface area contributed by atoms with Crippen LogP contribution >= 0.6 is 0 Å². The lowest BCUT2D eigenvalue weighted by Gasteiger charge is -2.33. The minimum absolute atomic E-state index is 0.339. The van der Waals surface area contributed by atoms with Gasteiger partial charge in [-0.1, -0.05) is 0 Å². The molecule has 1 saturated heterocycles. The van der Waals surface area contributed by atoms with Gasteiger partial charge in [-0.3, -0.25) is 4.79 Å². The number of hydrogen-bond donors (Lipinski definition) is 2. The summed E-state index contributed by atoms with van der Waals surface area (Å²) in [5.74, 6) is -0.485. The van der Waals surface area contributed by atoms with Crippen LogP contribution in [0.25, 0.3) is 0 Å². The van der Waals surface area contributed by atoms with Crippen LogP contribution in [-0.4, -0.2) is 32.2 Å². The summed E-state index contributed by atoms with van der Waals surface area (Å²) in [6.07, 6.45) is 2.32. The number of benzene rings is 1. The van der Waals surface area contributed by atoms with E-state index in [-0.39, 0.29) is 0 Å². The maximum absolute atomic E-state index is 11.3. The molecule has 98 valence electrons. The number of rotatable bonds is 3. The molecule has 0 aromatic heterocycles. The van der Waals surface area contributed by atoms with Crippen molar-refractivity contribution in [2.45, 2.75) is 18.9 Å². The van der Waals surface area contributed by atoms with Crippen molar-refractivity contribution in [3.63, 3.8) is 0 Å². The molecule has 1 aliphatic rings. The van der Waals surface area contributed by atoms with Gasteiger partial charge in [0.1, 0.15) is 0 Å². The Labute approximate surface area is 107 Å². The molecule has 1 aromatic rings. The van der Waals surface area contributed by atoms with Gasteiger partial charge < -0.3 is 21.1 Å². The van der Waals surface area contributed by atoms with Crippen molar-refractivity contribution >= 4 is 17.3 Å². The summed E-state index contributed by atoms with van der Waals surface area (Å²) in [7, 11) is 1.74. The summed E-state index contributed by atoms with van der Waals surface area (Å²) < 4.78 is 5.34. The summed E-state index contributed by atoms with van der Waals surface area (Å²) in [6, 6.07) is 5.43. The second kappa shape index (κ2) is 5.27.